The molecule has 1 saturated heterocycles. The normalized spacial score (nSPS) is 23.2. The number of hydrogen-bond donors (Lipinski definition) is 2. The second kappa shape index (κ2) is 6.24. The second-order valence-corrected chi connectivity index (χ2v) is 6.59. The van der Waals surface area contributed by atoms with Gasteiger partial charge in [-0.3, -0.25) is 0 Å². The van der Waals surface area contributed by atoms with Crippen molar-refractivity contribution in [3.63, 3.8) is 0 Å². The van der Waals surface area contributed by atoms with E-state index in [1.807, 2.05) is 6.07 Å². The zero-order chi connectivity index (χ0) is 15.6. The third-order valence-electron chi connectivity index (χ3n) is 4.93. The van der Waals surface area contributed by atoms with E-state index < -0.39 is 0 Å². The van der Waals surface area contributed by atoms with E-state index in [1.54, 1.807) is 17.0 Å². The van der Waals surface area contributed by atoms with Gasteiger partial charge in [-0.05, 0) is 49.3 Å². The molecule has 4 nitrogen and oxygen atoms in total. The van der Waals surface area contributed by atoms with Crippen molar-refractivity contribution in [1.29, 1.82) is 0 Å². The van der Waals surface area contributed by atoms with E-state index in [0.717, 1.165) is 37.8 Å². The Labute approximate surface area is 130 Å². The minimum atomic E-state index is -0.225. The highest BCUT2D eigenvalue weighted by Gasteiger charge is 2.44. The van der Waals surface area contributed by atoms with Crippen LogP contribution >= 0.6 is 0 Å². The number of carbonyl (C=O) groups excluding carboxylic acids is 1. The Kier molecular flexibility index (Phi) is 4.34. The number of nitrogens with zero attached hydrogens (tertiary/aromatic N) is 1. The van der Waals surface area contributed by atoms with E-state index in [2.05, 4.69) is 5.32 Å². The van der Waals surface area contributed by atoms with Gasteiger partial charge in [-0.2, -0.15) is 0 Å². The van der Waals surface area contributed by atoms with Gasteiger partial charge in [-0.25, -0.2) is 9.18 Å². The van der Waals surface area contributed by atoms with Crippen LogP contribution in [0.25, 0.3) is 0 Å². The predicted octanol–water partition coefficient (Wildman–Crippen LogP) is 2.27. The van der Waals surface area contributed by atoms with E-state index in [-0.39, 0.29) is 29.8 Å². The smallest absolute Gasteiger partial charge is 0.317 e. The molecule has 2 amide bonds. The summed E-state index contributed by atoms with van der Waals surface area (Å²) in [6.07, 6.45) is 3.88. The summed E-state index contributed by atoms with van der Waals surface area (Å²) in [6, 6.07) is 6.61. The highest BCUT2D eigenvalue weighted by Crippen LogP contribution is 2.47. The number of aliphatic hydroxyl groups is 1. The summed E-state index contributed by atoms with van der Waals surface area (Å²) >= 11 is 0. The average Bonchev–Trinajstić information content (AvgIpc) is 3.34. The Morgan fingerprint density at radius 3 is 2.95 bits per heavy atom. The first kappa shape index (κ1) is 15.3. The molecule has 0 aromatic heterocycles. The van der Waals surface area contributed by atoms with Crippen LogP contribution in [-0.4, -0.2) is 42.3 Å². The van der Waals surface area contributed by atoms with Crippen molar-refractivity contribution in [2.24, 2.45) is 5.92 Å². The van der Waals surface area contributed by atoms with Gasteiger partial charge in [0.2, 0.25) is 0 Å². The summed E-state index contributed by atoms with van der Waals surface area (Å²) in [4.78, 5) is 14.1. The number of piperidine rings is 1. The highest BCUT2D eigenvalue weighted by molar-refractivity contribution is 5.74. The molecule has 2 N–H and O–H groups in total. The van der Waals surface area contributed by atoms with Crippen LogP contribution in [-0.2, 0) is 5.41 Å². The molecule has 3 rings (SSSR count). The van der Waals surface area contributed by atoms with Gasteiger partial charge in [-0.1, -0.05) is 12.1 Å². The fraction of sp³-hybridized carbons (Fsp3) is 0.588. The first-order chi connectivity index (χ1) is 10.6. The Morgan fingerprint density at radius 2 is 2.27 bits per heavy atom. The molecule has 5 heteroatoms. The summed E-state index contributed by atoms with van der Waals surface area (Å²) in [6.45, 7) is 2.05. The van der Waals surface area contributed by atoms with Crippen molar-refractivity contribution in [3.8, 4) is 0 Å². The van der Waals surface area contributed by atoms with Crippen LogP contribution in [0, 0.1) is 11.7 Å². The second-order valence-electron chi connectivity index (χ2n) is 6.59. The van der Waals surface area contributed by atoms with Crippen molar-refractivity contribution >= 4 is 6.03 Å². The van der Waals surface area contributed by atoms with Crippen LogP contribution < -0.4 is 5.32 Å². The number of rotatable bonds is 4. The topological polar surface area (TPSA) is 52.6 Å². The Balaban J connectivity index is 1.57. The standard InChI is InChI=1S/C17H23FN2O2/c18-15-5-1-4-14(9-15)17(6-7-17)12-19-16(22)20-8-2-3-13(10-20)11-21/h1,4-5,9,13,21H,2-3,6-8,10-12H2,(H,19,22). The molecule has 22 heavy (non-hydrogen) atoms. The van der Waals surface area contributed by atoms with E-state index >= 15 is 0 Å². The van der Waals surface area contributed by atoms with Crippen LogP contribution in [0.2, 0.25) is 0 Å². The molecule has 120 valence electrons. The van der Waals surface area contributed by atoms with Gasteiger partial charge in [0.05, 0.1) is 0 Å². The lowest BCUT2D eigenvalue weighted by Gasteiger charge is -2.32. The maximum absolute atomic E-state index is 13.4. The fourth-order valence-corrected chi connectivity index (χ4v) is 3.29. The van der Waals surface area contributed by atoms with Crippen molar-refractivity contribution in [1.82, 2.24) is 10.2 Å². The fourth-order valence-electron chi connectivity index (χ4n) is 3.29. The van der Waals surface area contributed by atoms with Crippen molar-refractivity contribution in [2.75, 3.05) is 26.2 Å². The minimum Gasteiger partial charge on any atom is -0.396 e. The molecule has 2 aliphatic rings. The van der Waals surface area contributed by atoms with E-state index in [1.165, 1.54) is 6.07 Å². The minimum absolute atomic E-state index is 0.0687. The van der Waals surface area contributed by atoms with Gasteiger partial charge in [-0.15, -0.1) is 0 Å². The quantitative estimate of drug-likeness (QED) is 0.896. The number of amides is 2. The molecule has 1 heterocycles. The SMILES string of the molecule is O=C(NCC1(c2cccc(F)c2)CC1)N1CCCC(CO)C1. The van der Waals surface area contributed by atoms with E-state index in [9.17, 15) is 14.3 Å². The monoisotopic (exact) mass is 306 g/mol. The molecule has 1 aliphatic carbocycles. The summed E-state index contributed by atoms with van der Waals surface area (Å²) in [7, 11) is 0. The molecule has 0 bridgehead atoms. The summed E-state index contributed by atoms with van der Waals surface area (Å²) in [5.74, 6) is -0.0328. The molecule has 2 fully saturated rings. The number of nitrogens with one attached hydrogen (secondary N) is 1. The third-order valence-corrected chi connectivity index (χ3v) is 4.93. The zero-order valence-corrected chi connectivity index (χ0v) is 12.7. The Hall–Kier alpha value is -1.62. The number of hydrogen-bond acceptors (Lipinski definition) is 2. The molecule has 0 spiro atoms. The maximum Gasteiger partial charge on any atom is 0.317 e. The molecule has 1 saturated carbocycles. The predicted molar refractivity (Wildman–Crippen MR) is 82.1 cm³/mol. The molecule has 0 radical (unpaired) electrons. The lowest BCUT2D eigenvalue weighted by Crippen LogP contribution is -2.47. The van der Waals surface area contributed by atoms with Crippen LogP contribution in [0.5, 0.6) is 0 Å². The van der Waals surface area contributed by atoms with Gasteiger partial charge in [0.25, 0.3) is 0 Å². The van der Waals surface area contributed by atoms with Gasteiger partial charge < -0.3 is 15.3 Å². The Morgan fingerprint density at radius 1 is 1.45 bits per heavy atom. The molecule has 1 unspecified atom stereocenters. The van der Waals surface area contributed by atoms with E-state index in [0.29, 0.717) is 13.1 Å². The van der Waals surface area contributed by atoms with Gasteiger partial charge in [0.15, 0.2) is 0 Å². The number of carbonyl (C=O) groups is 1. The largest absolute Gasteiger partial charge is 0.396 e. The van der Waals surface area contributed by atoms with Crippen LogP contribution in [0.1, 0.15) is 31.2 Å². The maximum atomic E-state index is 13.4. The summed E-state index contributed by atoms with van der Waals surface area (Å²) in [5, 5.41) is 12.2. The molecule has 1 aliphatic heterocycles. The summed E-state index contributed by atoms with van der Waals surface area (Å²) in [5.41, 5.74) is 0.879. The first-order valence-corrected chi connectivity index (χ1v) is 8.03. The van der Waals surface area contributed by atoms with Gasteiger partial charge >= 0.3 is 6.03 Å². The van der Waals surface area contributed by atoms with Gasteiger partial charge in [0.1, 0.15) is 5.82 Å². The van der Waals surface area contributed by atoms with Crippen LogP contribution in [0.3, 0.4) is 0 Å². The molecule has 1 atom stereocenters. The van der Waals surface area contributed by atoms with Gasteiger partial charge in [0, 0.05) is 31.7 Å². The highest BCUT2D eigenvalue weighted by atomic mass is 19.1. The number of urea groups is 1. The lowest BCUT2D eigenvalue weighted by molar-refractivity contribution is 0.129. The molecule has 1 aromatic carbocycles. The Bertz CT molecular complexity index is 545. The van der Waals surface area contributed by atoms with Crippen molar-refractivity contribution in [3.05, 3.63) is 35.6 Å². The third kappa shape index (κ3) is 3.24. The number of halogens is 1. The van der Waals surface area contributed by atoms with Crippen LogP contribution in [0.15, 0.2) is 24.3 Å². The zero-order valence-electron chi connectivity index (χ0n) is 12.7. The van der Waals surface area contributed by atoms with Crippen molar-refractivity contribution in [2.45, 2.75) is 31.1 Å². The lowest BCUT2D eigenvalue weighted by atomic mass is 9.96. The number of aliphatic hydroxyl groups excluding tert-OH is 1. The first-order valence-electron chi connectivity index (χ1n) is 8.03. The molecule has 1 aromatic rings. The number of likely N-dealkylation sites (tertiary alicyclic amines) is 1. The van der Waals surface area contributed by atoms with E-state index in [4.69, 9.17) is 0 Å². The summed E-state index contributed by atoms with van der Waals surface area (Å²) < 4.78 is 13.4. The molecular formula is C17H23FN2O2. The molecular weight excluding hydrogens is 283 g/mol. The number of benzene rings is 1. The van der Waals surface area contributed by atoms with Crippen molar-refractivity contribution < 1.29 is 14.3 Å². The average molecular weight is 306 g/mol. The van der Waals surface area contributed by atoms with Crippen LogP contribution in [0.4, 0.5) is 9.18 Å².